The Morgan fingerprint density at radius 1 is 0.800 bits per heavy atom. The monoisotopic (exact) mass is 397 g/mol. The van der Waals surface area contributed by atoms with Crippen molar-refractivity contribution in [3.8, 4) is 0 Å². The summed E-state index contributed by atoms with van der Waals surface area (Å²) in [6.45, 7) is 1.54. The minimum absolute atomic E-state index is 0.000235. The number of unbranched alkanes of at least 4 members (excludes halogenated alkanes) is 2. The highest BCUT2D eigenvalue weighted by molar-refractivity contribution is 5.94. The number of benzene rings is 3. The number of para-hydroxylation sites is 2. The van der Waals surface area contributed by atoms with Gasteiger partial charge in [-0.25, -0.2) is 4.98 Å². The lowest BCUT2D eigenvalue weighted by molar-refractivity contribution is 0.0953. The maximum atomic E-state index is 12.1. The van der Waals surface area contributed by atoms with Crippen LogP contribution in [0.3, 0.4) is 0 Å². The van der Waals surface area contributed by atoms with Gasteiger partial charge in [0.2, 0.25) is 0 Å². The zero-order chi connectivity index (χ0) is 20.6. The lowest BCUT2D eigenvalue weighted by Gasteiger charge is -2.10. The van der Waals surface area contributed by atoms with Crippen LogP contribution in [0.4, 0.5) is 0 Å². The molecule has 1 N–H and O–H groups in total. The first kappa shape index (κ1) is 19.9. The summed E-state index contributed by atoms with van der Waals surface area (Å²) >= 11 is 0. The van der Waals surface area contributed by atoms with Gasteiger partial charge in [-0.1, -0.05) is 67.1 Å². The lowest BCUT2D eigenvalue weighted by Crippen LogP contribution is -2.24. The van der Waals surface area contributed by atoms with E-state index >= 15 is 0 Å². The average molecular weight is 398 g/mol. The number of rotatable bonds is 9. The highest BCUT2D eigenvalue weighted by atomic mass is 16.1. The van der Waals surface area contributed by atoms with E-state index in [9.17, 15) is 4.79 Å². The molecule has 4 nitrogen and oxygen atoms in total. The van der Waals surface area contributed by atoms with Gasteiger partial charge in [-0.3, -0.25) is 4.79 Å². The highest BCUT2D eigenvalue weighted by Crippen LogP contribution is 2.19. The molecular weight excluding hydrogens is 370 g/mol. The number of carbonyl (C=O) groups excluding carboxylic acids is 1. The first-order valence-electron chi connectivity index (χ1n) is 10.6. The van der Waals surface area contributed by atoms with Crippen molar-refractivity contribution < 1.29 is 4.79 Å². The molecule has 0 bridgehead atoms. The number of carbonyl (C=O) groups is 1. The van der Waals surface area contributed by atoms with Crippen molar-refractivity contribution in [1.29, 1.82) is 0 Å². The highest BCUT2D eigenvalue weighted by Gasteiger charge is 2.11. The molecule has 4 heteroatoms. The topological polar surface area (TPSA) is 46.9 Å². The minimum Gasteiger partial charge on any atom is -0.352 e. The third kappa shape index (κ3) is 4.95. The summed E-state index contributed by atoms with van der Waals surface area (Å²) < 4.78 is 2.34. The zero-order valence-electron chi connectivity index (χ0n) is 17.1. The van der Waals surface area contributed by atoms with Crippen molar-refractivity contribution in [3.63, 3.8) is 0 Å². The van der Waals surface area contributed by atoms with E-state index in [-0.39, 0.29) is 5.91 Å². The average Bonchev–Trinajstić information content (AvgIpc) is 3.14. The molecule has 0 saturated heterocycles. The summed E-state index contributed by atoms with van der Waals surface area (Å²) in [5.74, 6) is 1.13. The summed E-state index contributed by atoms with van der Waals surface area (Å²) in [5.41, 5.74) is 4.24. The Hall–Kier alpha value is -3.40. The number of nitrogens with one attached hydrogen (secondary N) is 1. The van der Waals surface area contributed by atoms with E-state index in [4.69, 9.17) is 4.98 Å². The van der Waals surface area contributed by atoms with Crippen LogP contribution in [0.1, 0.15) is 41.0 Å². The number of aromatic nitrogens is 2. The Bertz CT molecular complexity index is 1090. The predicted molar refractivity (Wildman–Crippen MR) is 122 cm³/mol. The van der Waals surface area contributed by atoms with Crippen molar-refractivity contribution in [2.75, 3.05) is 6.54 Å². The van der Waals surface area contributed by atoms with Crippen molar-refractivity contribution in [3.05, 3.63) is 102 Å². The van der Waals surface area contributed by atoms with Crippen LogP contribution < -0.4 is 5.32 Å². The normalized spacial score (nSPS) is 10.9. The first-order chi connectivity index (χ1) is 14.8. The van der Waals surface area contributed by atoms with E-state index < -0.39 is 0 Å². The number of nitrogens with zero attached hydrogens (tertiary/aromatic N) is 2. The molecule has 0 aliphatic heterocycles. The molecule has 1 amide bonds. The van der Waals surface area contributed by atoms with Crippen LogP contribution in [0.25, 0.3) is 11.0 Å². The van der Waals surface area contributed by atoms with Crippen LogP contribution >= 0.6 is 0 Å². The minimum atomic E-state index is 0.000235. The first-order valence-corrected chi connectivity index (χ1v) is 10.6. The molecule has 0 unspecified atom stereocenters. The Balaban J connectivity index is 1.31. The standard InChI is InChI=1S/C26H27N3O/c30-26(22-14-6-2-7-15-22)27-19-11-3-8-18-25-28-23-16-9-10-17-24(23)29(25)20-21-12-4-1-5-13-21/h1-2,4-7,9-10,12-17H,3,8,11,18-20H2,(H,27,30). The second-order valence-electron chi connectivity index (χ2n) is 7.52. The third-order valence-electron chi connectivity index (χ3n) is 5.32. The molecule has 152 valence electrons. The molecule has 1 heterocycles. The van der Waals surface area contributed by atoms with Gasteiger partial charge in [0.25, 0.3) is 5.91 Å². The number of imidazole rings is 1. The Morgan fingerprint density at radius 3 is 2.30 bits per heavy atom. The fourth-order valence-corrected chi connectivity index (χ4v) is 3.74. The van der Waals surface area contributed by atoms with Gasteiger partial charge in [-0.15, -0.1) is 0 Å². The van der Waals surface area contributed by atoms with E-state index in [2.05, 4.69) is 52.3 Å². The predicted octanol–water partition coefficient (Wildman–Crippen LogP) is 5.23. The zero-order valence-corrected chi connectivity index (χ0v) is 17.1. The van der Waals surface area contributed by atoms with Crippen molar-refractivity contribution in [2.45, 2.75) is 32.2 Å². The van der Waals surface area contributed by atoms with Crippen LogP contribution in [0.15, 0.2) is 84.9 Å². The molecular formula is C26H27N3O. The molecule has 0 spiro atoms. The van der Waals surface area contributed by atoms with Crippen molar-refractivity contribution >= 4 is 16.9 Å². The molecule has 0 fully saturated rings. The van der Waals surface area contributed by atoms with E-state index in [0.29, 0.717) is 12.1 Å². The van der Waals surface area contributed by atoms with Crippen LogP contribution in [-0.2, 0) is 13.0 Å². The summed E-state index contributed by atoms with van der Waals surface area (Å²) in [7, 11) is 0. The molecule has 3 aromatic carbocycles. The largest absolute Gasteiger partial charge is 0.352 e. The Morgan fingerprint density at radius 2 is 1.50 bits per heavy atom. The molecule has 0 aliphatic rings. The van der Waals surface area contributed by atoms with Crippen LogP contribution in [0, 0.1) is 0 Å². The molecule has 0 atom stereocenters. The smallest absolute Gasteiger partial charge is 0.251 e. The van der Waals surface area contributed by atoms with Gasteiger partial charge in [0.1, 0.15) is 5.82 Å². The Labute approximate surface area is 177 Å². The van der Waals surface area contributed by atoms with E-state index in [1.807, 2.05) is 42.5 Å². The van der Waals surface area contributed by atoms with Gasteiger partial charge in [-0.2, -0.15) is 0 Å². The van der Waals surface area contributed by atoms with Crippen molar-refractivity contribution in [2.24, 2.45) is 0 Å². The summed E-state index contributed by atoms with van der Waals surface area (Å²) in [4.78, 5) is 17.0. The second-order valence-corrected chi connectivity index (χ2v) is 7.52. The number of hydrogen-bond donors (Lipinski definition) is 1. The molecule has 1 aromatic heterocycles. The maximum absolute atomic E-state index is 12.1. The molecule has 30 heavy (non-hydrogen) atoms. The maximum Gasteiger partial charge on any atom is 0.251 e. The van der Waals surface area contributed by atoms with E-state index in [1.165, 1.54) is 11.1 Å². The number of hydrogen-bond acceptors (Lipinski definition) is 2. The fourth-order valence-electron chi connectivity index (χ4n) is 3.74. The fraction of sp³-hybridized carbons (Fsp3) is 0.231. The van der Waals surface area contributed by atoms with Gasteiger partial charge < -0.3 is 9.88 Å². The lowest BCUT2D eigenvalue weighted by atomic mass is 10.1. The van der Waals surface area contributed by atoms with Crippen molar-refractivity contribution in [1.82, 2.24) is 14.9 Å². The van der Waals surface area contributed by atoms with Gasteiger partial charge in [0.05, 0.1) is 11.0 Å². The van der Waals surface area contributed by atoms with Gasteiger partial charge >= 0.3 is 0 Å². The Kier molecular flexibility index (Phi) is 6.55. The molecule has 0 aliphatic carbocycles. The van der Waals surface area contributed by atoms with E-state index in [1.54, 1.807) is 0 Å². The molecule has 0 radical (unpaired) electrons. The molecule has 0 saturated carbocycles. The third-order valence-corrected chi connectivity index (χ3v) is 5.32. The number of fused-ring (bicyclic) bond motifs is 1. The summed E-state index contributed by atoms with van der Waals surface area (Å²) in [5, 5.41) is 3.00. The summed E-state index contributed by atoms with van der Waals surface area (Å²) in [6, 6.07) is 28.2. The van der Waals surface area contributed by atoms with Crippen LogP contribution in [0.5, 0.6) is 0 Å². The van der Waals surface area contributed by atoms with Gasteiger partial charge in [0.15, 0.2) is 0 Å². The molecule has 4 rings (SSSR count). The van der Waals surface area contributed by atoms with Crippen LogP contribution in [0.2, 0.25) is 0 Å². The van der Waals surface area contributed by atoms with Gasteiger partial charge in [0, 0.05) is 25.1 Å². The number of aryl methyl sites for hydroxylation is 1. The SMILES string of the molecule is O=C(NCCCCCc1nc2ccccc2n1Cc1ccccc1)c1ccccc1. The second kappa shape index (κ2) is 9.88. The quantitative estimate of drug-likeness (QED) is 0.393. The number of amides is 1. The summed E-state index contributed by atoms with van der Waals surface area (Å²) in [6.07, 6.45) is 4.02. The van der Waals surface area contributed by atoms with Crippen LogP contribution in [-0.4, -0.2) is 22.0 Å². The van der Waals surface area contributed by atoms with Gasteiger partial charge in [-0.05, 0) is 42.7 Å². The van der Waals surface area contributed by atoms with E-state index in [0.717, 1.165) is 43.6 Å². The molecule has 4 aromatic rings.